The third-order valence-corrected chi connectivity index (χ3v) is 9.83. The van der Waals surface area contributed by atoms with Crippen molar-refractivity contribution in [3.63, 3.8) is 0 Å². The van der Waals surface area contributed by atoms with E-state index < -0.39 is 22.7 Å². The number of thiophene rings is 1. The van der Waals surface area contributed by atoms with Crippen LogP contribution in [0.3, 0.4) is 0 Å². The highest BCUT2D eigenvalue weighted by Crippen LogP contribution is 2.49. The molecule has 0 radical (unpaired) electrons. The molecule has 11 heteroatoms. The van der Waals surface area contributed by atoms with Gasteiger partial charge in [0.25, 0.3) is 0 Å². The fourth-order valence-corrected chi connectivity index (χ4v) is 6.88. The lowest BCUT2D eigenvalue weighted by atomic mass is 9.88. The van der Waals surface area contributed by atoms with Crippen LogP contribution < -0.4 is 4.74 Å². The van der Waals surface area contributed by atoms with Crippen molar-refractivity contribution in [2.45, 2.75) is 71.9 Å². The fourth-order valence-electron chi connectivity index (χ4n) is 5.84. The SMILES string of the molecule is CCCN(Cc1ccc(-c2cc3nccc(Oc4ccc(CC(=O)C5(C(=O)Cc6ccc(F)cc6)CC5)c(F)c4)c3s2)nc1)C(=O)OC(C)(C)C. The maximum atomic E-state index is 15.3. The molecule has 51 heavy (non-hydrogen) atoms. The third-order valence-electron chi connectivity index (χ3n) is 8.67. The van der Waals surface area contributed by atoms with Crippen molar-refractivity contribution in [2.24, 2.45) is 5.41 Å². The first kappa shape index (κ1) is 35.8. The molecule has 3 heterocycles. The summed E-state index contributed by atoms with van der Waals surface area (Å²) in [6.45, 7) is 8.48. The minimum atomic E-state index is -1.11. The maximum Gasteiger partial charge on any atom is 0.410 e. The summed E-state index contributed by atoms with van der Waals surface area (Å²) in [4.78, 5) is 50.7. The Hall–Kier alpha value is -5.03. The zero-order valence-electron chi connectivity index (χ0n) is 29.0. The molecule has 1 amide bonds. The Balaban J connectivity index is 1.12. The molecule has 1 fully saturated rings. The van der Waals surface area contributed by atoms with Crippen molar-refractivity contribution in [3.05, 3.63) is 107 Å². The Kier molecular flexibility index (Phi) is 10.3. The molecule has 0 saturated heterocycles. The lowest BCUT2D eigenvalue weighted by molar-refractivity contribution is -0.133. The molecule has 0 aliphatic heterocycles. The van der Waals surface area contributed by atoms with E-state index in [0.29, 0.717) is 42.8 Å². The Morgan fingerprint density at radius 1 is 0.902 bits per heavy atom. The van der Waals surface area contributed by atoms with Crippen molar-refractivity contribution in [1.29, 1.82) is 0 Å². The molecule has 3 aromatic heterocycles. The van der Waals surface area contributed by atoms with Crippen LogP contribution in [0.15, 0.2) is 79.1 Å². The number of benzene rings is 2. The van der Waals surface area contributed by atoms with E-state index in [9.17, 15) is 18.8 Å². The number of pyridine rings is 2. The molecule has 1 aliphatic carbocycles. The van der Waals surface area contributed by atoms with Crippen LogP contribution >= 0.6 is 11.3 Å². The number of hydrogen-bond donors (Lipinski definition) is 0. The number of ether oxygens (including phenoxy) is 2. The van der Waals surface area contributed by atoms with Crippen molar-refractivity contribution in [2.75, 3.05) is 6.54 Å². The highest BCUT2D eigenvalue weighted by molar-refractivity contribution is 7.22. The van der Waals surface area contributed by atoms with E-state index in [4.69, 9.17) is 9.47 Å². The molecule has 0 atom stereocenters. The summed E-state index contributed by atoms with van der Waals surface area (Å²) in [6.07, 6.45) is 4.48. The third kappa shape index (κ3) is 8.48. The number of fused-ring (bicyclic) bond motifs is 1. The van der Waals surface area contributed by atoms with E-state index in [-0.39, 0.29) is 41.8 Å². The van der Waals surface area contributed by atoms with E-state index in [2.05, 4.69) is 9.97 Å². The molecule has 0 N–H and O–H groups in total. The Bertz CT molecular complexity index is 2070. The number of carbonyl (C=O) groups excluding carboxylic acids is 3. The van der Waals surface area contributed by atoms with Gasteiger partial charge in [-0.1, -0.05) is 31.2 Å². The van der Waals surface area contributed by atoms with Gasteiger partial charge in [-0.15, -0.1) is 11.3 Å². The average molecular weight is 712 g/mol. The zero-order valence-corrected chi connectivity index (χ0v) is 29.8. The predicted molar refractivity (Wildman–Crippen MR) is 192 cm³/mol. The normalized spacial score (nSPS) is 13.5. The molecule has 0 unspecified atom stereocenters. The molecule has 6 rings (SSSR count). The van der Waals surface area contributed by atoms with Gasteiger partial charge in [-0.2, -0.15) is 0 Å². The molecular formula is C40H39F2N3O5S. The number of hydrogen-bond acceptors (Lipinski definition) is 8. The maximum absolute atomic E-state index is 15.3. The van der Waals surface area contributed by atoms with Crippen LogP contribution in [0.25, 0.3) is 20.8 Å². The van der Waals surface area contributed by atoms with Crippen LogP contribution in [0.2, 0.25) is 0 Å². The van der Waals surface area contributed by atoms with Crippen LogP contribution in [-0.2, 0) is 33.7 Å². The Labute approximate surface area is 299 Å². The number of carbonyl (C=O) groups is 3. The summed E-state index contributed by atoms with van der Waals surface area (Å²) >= 11 is 1.44. The van der Waals surface area contributed by atoms with Crippen LogP contribution in [0.5, 0.6) is 11.5 Å². The molecular weight excluding hydrogens is 673 g/mol. The monoisotopic (exact) mass is 711 g/mol. The summed E-state index contributed by atoms with van der Waals surface area (Å²) in [7, 11) is 0. The lowest BCUT2D eigenvalue weighted by Gasteiger charge is -2.27. The van der Waals surface area contributed by atoms with Gasteiger partial charge >= 0.3 is 6.09 Å². The molecule has 0 spiro atoms. The van der Waals surface area contributed by atoms with Crippen LogP contribution in [0, 0.1) is 17.0 Å². The summed E-state index contributed by atoms with van der Waals surface area (Å²) in [5, 5.41) is 0. The average Bonchev–Trinajstić information content (AvgIpc) is 3.79. The van der Waals surface area contributed by atoms with Crippen molar-refractivity contribution >= 4 is 39.2 Å². The molecule has 264 valence electrons. The molecule has 1 saturated carbocycles. The first-order valence-corrected chi connectivity index (χ1v) is 17.7. The van der Waals surface area contributed by atoms with Crippen molar-refractivity contribution in [1.82, 2.24) is 14.9 Å². The van der Waals surface area contributed by atoms with Gasteiger partial charge in [0, 0.05) is 43.9 Å². The molecule has 2 aromatic carbocycles. The molecule has 8 nitrogen and oxygen atoms in total. The predicted octanol–water partition coefficient (Wildman–Crippen LogP) is 9.28. The van der Waals surface area contributed by atoms with Gasteiger partial charge < -0.3 is 14.4 Å². The molecule has 0 bridgehead atoms. The van der Waals surface area contributed by atoms with E-state index in [1.165, 1.54) is 47.7 Å². The van der Waals surface area contributed by atoms with Gasteiger partial charge in [0.1, 0.15) is 28.7 Å². The van der Waals surface area contributed by atoms with Crippen molar-refractivity contribution < 1.29 is 32.6 Å². The van der Waals surface area contributed by atoms with E-state index in [1.807, 2.05) is 45.9 Å². The van der Waals surface area contributed by atoms with Crippen LogP contribution in [0.1, 0.15) is 63.6 Å². The quantitative estimate of drug-likeness (QED) is 0.112. The van der Waals surface area contributed by atoms with E-state index in [0.717, 1.165) is 27.3 Å². The summed E-state index contributed by atoms with van der Waals surface area (Å²) < 4.78 is 41.0. The van der Waals surface area contributed by atoms with Gasteiger partial charge in [-0.3, -0.25) is 19.6 Å². The van der Waals surface area contributed by atoms with Crippen molar-refractivity contribution in [3.8, 4) is 22.1 Å². The molecule has 1 aliphatic rings. The number of halogens is 2. The molecule has 5 aromatic rings. The van der Waals surface area contributed by atoms with Gasteiger partial charge in [0.15, 0.2) is 11.6 Å². The zero-order chi connectivity index (χ0) is 36.3. The minimum absolute atomic E-state index is 0.0289. The van der Waals surface area contributed by atoms with Gasteiger partial charge in [0.05, 0.1) is 32.7 Å². The van der Waals surface area contributed by atoms with Gasteiger partial charge in [-0.05, 0) is 87.1 Å². The fraction of sp³-hybridized carbons (Fsp3) is 0.325. The number of Topliss-reactive ketones (excluding diaryl/α,β-unsaturated/α-hetero) is 2. The highest BCUT2D eigenvalue weighted by Gasteiger charge is 2.54. The van der Waals surface area contributed by atoms with Gasteiger partial charge in [-0.25, -0.2) is 13.6 Å². The number of nitrogens with zero attached hydrogens (tertiary/aromatic N) is 3. The minimum Gasteiger partial charge on any atom is -0.456 e. The van der Waals surface area contributed by atoms with E-state index in [1.54, 1.807) is 29.4 Å². The number of aromatic nitrogens is 2. The number of ketones is 2. The van der Waals surface area contributed by atoms with Crippen LogP contribution in [0.4, 0.5) is 13.6 Å². The second kappa shape index (κ2) is 14.7. The van der Waals surface area contributed by atoms with E-state index >= 15 is 4.39 Å². The summed E-state index contributed by atoms with van der Waals surface area (Å²) in [5.74, 6) is -0.789. The Morgan fingerprint density at radius 3 is 2.27 bits per heavy atom. The smallest absolute Gasteiger partial charge is 0.410 e. The second-order valence-electron chi connectivity index (χ2n) is 13.9. The number of amides is 1. The lowest BCUT2D eigenvalue weighted by Crippen LogP contribution is -2.36. The summed E-state index contributed by atoms with van der Waals surface area (Å²) in [5.41, 5.74) is 1.42. The first-order chi connectivity index (χ1) is 24.3. The first-order valence-electron chi connectivity index (χ1n) is 16.9. The van der Waals surface area contributed by atoms with Crippen LogP contribution in [-0.4, -0.2) is 44.7 Å². The topological polar surface area (TPSA) is 98.7 Å². The second-order valence-corrected chi connectivity index (χ2v) is 14.9. The number of rotatable bonds is 13. The largest absolute Gasteiger partial charge is 0.456 e. The van der Waals surface area contributed by atoms with Gasteiger partial charge in [0.2, 0.25) is 0 Å². The highest BCUT2D eigenvalue weighted by atomic mass is 32.1. The summed E-state index contributed by atoms with van der Waals surface area (Å²) in [6, 6.07) is 17.4. The Morgan fingerprint density at radius 2 is 1.63 bits per heavy atom. The standard InChI is InChI=1S/C40H39F2N3O5S/c1-5-18-45(38(48)50-39(2,3)4)24-26-8-13-31(44-23-26)34-22-32-37(51-34)33(14-17-43-32)49-29-12-9-27(30(42)21-29)20-36(47)40(15-16-40)35(46)19-25-6-10-28(41)11-7-25/h6-14,17,21-23H,5,15-16,18-20,24H2,1-4H3.